The molecule has 0 radical (unpaired) electrons. The van der Waals surface area contributed by atoms with Crippen molar-refractivity contribution in [2.24, 2.45) is 0 Å². The lowest BCUT2D eigenvalue weighted by Gasteiger charge is -2.19. The molecule has 0 saturated carbocycles. The molecule has 1 aliphatic heterocycles. The minimum absolute atomic E-state index is 0.0285. The second-order valence-corrected chi connectivity index (χ2v) is 7.03. The fourth-order valence-electron chi connectivity index (χ4n) is 3.11. The minimum atomic E-state index is -0.0285. The van der Waals surface area contributed by atoms with Gasteiger partial charge >= 0.3 is 0 Å². The highest BCUT2D eigenvalue weighted by Gasteiger charge is 2.13. The van der Waals surface area contributed by atoms with Gasteiger partial charge in [0.1, 0.15) is 19.0 Å². The van der Waals surface area contributed by atoms with Gasteiger partial charge in [-0.05, 0) is 36.2 Å². The number of H-pyrrole nitrogens is 1. The number of aromatic nitrogens is 2. The van der Waals surface area contributed by atoms with Gasteiger partial charge in [0.2, 0.25) is 5.91 Å². The average Bonchev–Trinajstić information content (AvgIpc) is 3.10. The van der Waals surface area contributed by atoms with Gasteiger partial charge < -0.3 is 19.8 Å². The van der Waals surface area contributed by atoms with Crippen molar-refractivity contribution in [2.45, 2.75) is 32.6 Å². The number of anilines is 1. The molecular weight excluding hydrogens is 342 g/mol. The van der Waals surface area contributed by atoms with Crippen molar-refractivity contribution < 1.29 is 14.3 Å². The number of carbonyl (C=O) groups excluding carboxylic acids is 1. The summed E-state index contributed by atoms with van der Waals surface area (Å²) < 4.78 is 11.0. The van der Waals surface area contributed by atoms with Gasteiger partial charge in [0.05, 0.1) is 11.0 Å². The Balaban J connectivity index is 1.38. The van der Waals surface area contributed by atoms with Crippen molar-refractivity contribution in [3.05, 3.63) is 47.8 Å². The number of fused-ring (bicyclic) bond motifs is 2. The van der Waals surface area contributed by atoms with Gasteiger partial charge in [-0.1, -0.05) is 19.9 Å². The second kappa shape index (κ2) is 7.31. The first-order valence-corrected chi connectivity index (χ1v) is 9.26. The van der Waals surface area contributed by atoms with Crippen LogP contribution in [0.3, 0.4) is 0 Å². The topological polar surface area (TPSA) is 76.2 Å². The summed E-state index contributed by atoms with van der Waals surface area (Å²) in [4.78, 5) is 20.2. The number of nitrogens with zero attached hydrogens (tertiary/aromatic N) is 1. The van der Waals surface area contributed by atoms with Crippen LogP contribution in [0.4, 0.5) is 5.69 Å². The smallest absolute Gasteiger partial charge is 0.224 e. The second-order valence-electron chi connectivity index (χ2n) is 7.03. The third kappa shape index (κ3) is 3.89. The maximum absolute atomic E-state index is 12.3. The number of amides is 1. The summed E-state index contributed by atoms with van der Waals surface area (Å²) in [5.74, 6) is 2.70. The van der Waals surface area contributed by atoms with Crippen LogP contribution in [-0.4, -0.2) is 29.1 Å². The molecule has 2 heterocycles. The minimum Gasteiger partial charge on any atom is -0.486 e. The molecule has 0 unspecified atom stereocenters. The van der Waals surface area contributed by atoms with Crippen LogP contribution in [0.15, 0.2) is 36.4 Å². The zero-order valence-electron chi connectivity index (χ0n) is 15.5. The van der Waals surface area contributed by atoms with Gasteiger partial charge in [-0.2, -0.15) is 0 Å². The highest BCUT2D eigenvalue weighted by Crippen LogP contribution is 2.32. The Morgan fingerprint density at radius 3 is 2.78 bits per heavy atom. The predicted octanol–water partition coefficient (Wildman–Crippen LogP) is 4.03. The first kappa shape index (κ1) is 17.4. The third-order valence-corrected chi connectivity index (χ3v) is 4.58. The predicted molar refractivity (Wildman–Crippen MR) is 105 cm³/mol. The van der Waals surface area contributed by atoms with Gasteiger partial charge in [-0.25, -0.2) is 4.98 Å². The van der Waals surface area contributed by atoms with Gasteiger partial charge in [0.25, 0.3) is 0 Å². The van der Waals surface area contributed by atoms with Crippen LogP contribution in [0.25, 0.3) is 11.0 Å². The number of nitrogens with one attached hydrogen (secondary N) is 2. The molecule has 0 bridgehead atoms. The number of carbonyl (C=O) groups is 1. The summed E-state index contributed by atoms with van der Waals surface area (Å²) in [6.07, 6.45) is 1.08. The molecule has 0 spiro atoms. The van der Waals surface area contributed by atoms with Crippen molar-refractivity contribution >= 4 is 22.6 Å². The molecule has 1 amide bonds. The first-order chi connectivity index (χ1) is 13.1. The molecule has 0 aliphatic carbocycles. The van der Waals surface area contributed by atoms with Crippen molar-refractivity contribution in [2.75, 3.05) is 18.5 Å². The lowest BCUT2D eigenvalue weighted by Crippen LogP contribution is -2.16. The SMILES string of the molecule is CC(C)c1nc2ccc(CCC(=O)Nc3ccc4c(c3)OCCO4)cc2[nH]1. The molecule has 0 atom stereocenters. The Kier molecular flexibility index (Phi) is 4.71. The number of imidazole rings is 1. The van der Waals surface area contributed by atoms with Crippen LogP contribution in [0.5, 0.6) is 11.5 Å². The molecule has 4 rings (SSSR count). The molecule has 1 aliphatic rings. The maximum Gasteiger partial charge on any atom is 0.224 e. The Labute approximate surface area is 157 Å². The zero-order chi connectivity index (χ0) is 18.8. The Bertz CT molecular complexity index is 978. The van der Waals surface area contributed by atoms with Crippen LogP contribution in [0.2, 0.25) is 0 Å². The molecule has 0 fully saturated rings. The average molecular weight is 365 g/mol. The van der Waals surface area contributed by atoms with Crippen molar-refractivity contribution in [3.63, 3.8) is 0 Å². The van der Waals surface area contributed by atoms with E-state index in [0.29, 0.717) is 43.5 Å². The Hall–Kier alpha value is -3.02. The number of ether oxygens (including phenoxy) is 2. The van der Waals surface area contributed by atoms with E-state index in [9.17, 15) is 4.79 Å². The molecular formula is C21H23N3O3. The molecule has 6 heteroatoms. The Morgan fingerprint density at radius 1 is 1.15 bits per heavy atom. The summed E-state index contributed by atoms with van der Waals surface area (Å²) in [5.41, 5.74) is 3.81. The van der Waals surface area contributed by atoms with Crippen LogP contribution < -0.4 is 14.8 Å². The van der Waals surface area contributed by atoms with E-state index in [2.05, 4.69) is 35.2 Å². The number of aryl methyl sites for hydroxylation is 1. The maximum atomic E-state index is 12.3. The van der Waals surface area contributed by atoms with Gasteiger partial charge in [-0.3, -0.25) is 4.79 Å². The van der Waals surface area contributed by atoms with E-state index in [4.69, 9.17) is 9.47 Å². The molecule has 1 aromatic heterocycles. The standard InChI is InChI=1S/C21H23N3O3/c1-13(2)21-23-16-6-3-14(11-17(16)24-21)4-8-20(25)22-15-5-7-18-19(12-15)27-10-9-26-18/h3,5-7,11-13H,4,8-10H2,1-2H3,(H,22,25)(H,23,24). The number of rotatable bonds is 5. The molecule has 0 saturated heterocycles. The lowest BCUT2D eigenvalue weighted by molar-refractivity contribution is -0.116. The Morgan fingerprint density at radius 2 is 1.96 bits per heavy atom. The summed E-state index contributed by atoms with van der Waals surface area (Å²) in [7, 11) is 0. The van der Waals surface area contributed by atoms with E-state index in [1.54, 1.807) is 6.07 Å². The molecule has 3 aromatic rings. The molecule has 140 valence electrons. The van der Waals surface area contributed by atoms with Crippen LogP contribution in [0, 0.1) is 0 Å². The fourth-order valence-corrected chi connectivity index (χ4v) is 3.11. The van der Waals surface area contributed by atoms with E-state index < -0.39 is 0 Å². The summed E-state index contributed by atoms with van der Waals surface area (Å²) in [6, 6.07) is 11.6. The molecule has 2 N–H and O–H groups in total. The normalized spacial score (nSPS) is 13.1. The molecule has 27 heavy (non-hydrogen) atoms. The largest absolute Gasteiger partial charge is 0.486 e. The summed E-state index contributed by atoms with van der Waals surface area (Å²) in [6.45, 7) is 5.30. The van der Waals surface area contributed by atoms with E-state index in [0.717, 1.165) is 28.1 Å². The van der Waals surface area contributed by atoms with Crippen LogP contribution in [0.1, 0.15) is 37.6 Å². The van der Waals surface area contributed by atoms with Crippen LogP contribution >= 0.6 is 0 Å². The van der Waals surface area contributed by atoms with Crippen molar-refractivity contribution in [3.8, 4) is 11.5 Å². The van der Waals surface area contributed by atoms with Crippen molar-refractivity contribution in [1.29, 1.82) is 0 Å². The van der Waals surface area contributed by atoms with Crippen LogP contribution in [-0.2, 0) is 11.2 Å². The number of hydrogen-bond acceptors (Lipinski definition) is 4. The number of hydrogen-bond donors (Lipinski definition) is 2. The summed E-state index contributed by atoms with van der Waals surface area (Å²) in [5, 5.41) is 2.92. The lowest BCUT2D eigenvalue weighted by atomic mass is 10.1. The van der Waals surface area contributed by atoms with E-state index >= 15 is 0 Å². The number of aromatic amines is 1. The van der Waals surface area contributed by atoms with Gasteiger partial charge in [0.15, 0.2) is 11.5 Å². The van der Waals surface area contributed by atoms with E-state index in [1.807, 2.05) is 24.3 Å². The quantitative estimate of drug-likeness (QED) is 0.716. The van der Waals surface area contributed by atoms with Gasteiger partial charge in [0, 0.05) is 24.1 Å². The monoisotopic (exact) mass is 365 g/mol. The molecule has 2 aromatic carbocycles. The van der Waals surface area contributed by atoms with E-state index in [1.165, 1.54) is 0 Å². The third-order valence-electron chi connectivity index (χ3n) is 4.58. The van der Waals surface area contributed by atoms with E-state index in [-0.39, 0.29) is 5.91 Å². The fraction of sp³-hybridized carbons (Fsp3) is 0.333. The van der Waals surface area contributed by atoms with Crippen molar-refractivity contribution in [1.82, 2.24) is 9.97 Å². The zero-order valence-corrected chi connectivity index (χ0v) is 15.5. The highest BCUT2D eigenvalue weighted by atomic mass is 16.6. The molecule has 6 nitrogen and oxygen atoms in total. The summed E-state index contributed by atoms with van der Waals surface area (Å²) >= 11 is 0. The first-order valence-electron chi connectivity index (χ1n) is 9.26. The highest BCUT2D eigenvalue weighted by molar-refractivity contribution is 5.91. The number of benzene rings is 2. The van der Waals surface area contributed by atoms with Gasteiger partial charge in [-0.15, -0.1) is 0 Å².